The maximum atomic E-state index is 6.45. The lowest BCUT2D eigenvalue weighted by Gasteiger charge is -2.17. The Morgan fingerprint density at radius 1 is 0.308 bits per heavy atom. The highest BCUT2D eigenvalue weighted by atomic mass is 16.3. The molecule has 0 fully saturated rings. The van der Waals surface area contributed by atoms with E-state index in [1.54, 1.807) is 0 Å². The average molecular weight is 495 g/mol. The number of para-hydroxylation sites is 2. The number of benzene rings is 8. The van der Waals surface area contributed by atoms with Crippen LogP contribution in [0.25, 0.3) is 87.3 Å². The highest BCUT2D eigenvalue weighted by molar-refractivity contribution is 6.28. The molecule has 0 aliphatic rings. The lowest BCUT2D eigenvalue weighted by atomic mass is 9.86. The number of hydrogen-bond acceptors (Lipinski definition) is 1. The molecule has 1 aromatic heterocycles. The van der Waals surface area contributed by atoms with Crippen LogP contribution in [0, 0.1) is 0 Å². The quantitative estimate of drug-likeness (QED) is 0.218. The molecule has 0 N–H and O–H groups in total. The van der Waals surface area contributed by atoms with E-state index in [0.29, 0.717) is 0 Å². The first-order chi connectivity index (χ1) is 19.3. The second-order valence-corrected chi connectivity index (χ2v) is 10.5. The molecule has 0 bridgehead atoms. The molecule has 1 heteroatoms. The third-order valence-corrected chi connectivity index (χ3v) is 8.44. The van der Waals surface area contributed by atoms with Crippen LogP contribution in [0.3, 0.4) is 0 Å². The van der Waals surface area contributed by atoms with Crippen LogP contribution < -0.4 is 0 Å². The molecule has 1 nitrogen and oxygen atoms in total. The van der Waals surface area contributed by atoms with Crippen LogP contribution >= 0.6 is 0 Å². The lowest BCUT2D eigenvalue weighted by molar-refractivity contribution is 0.670. The van der Waals surface area contributed by atoms with Gasteiger partial charge in [-0.05, 0) is 65.8 Å². The first-order valence-corrected chi connectivity index (χ1v) is 13.4. The molecule has 180 valence electrons. The van der Waals surface area contributed by atoms with E-state index in [-0.39, 0.29) is 0 Å². The summed E-state index contributed by atoms with van der Waals surface area (Å²) in [7, 11) is 0. The summed E-state index contributed by atoms with van der Waals surface area (Å²) >= 11 is 0. The van der Waals surface area contributed by atoms with Crippen molar-refractivity contribution in [2.45, 2.75) is 0 Å². The summed E-state index contributed by atoms with van der Waals surface area (Å²) in [5.74, 6) is 0. The zero-order chi connectivity index (χ0) is 25.5. The number of furan rings is 1. The molecule has 0 saturated heterocycles. The van der Waals surface area contributed by atoms with Gasteiger partial charge < -0.3 is 4.42 Å². The zero-order valence-electron chi connectivity index (χ0n) is 21.1. The van der Waals surface area contributed by atoms with E-state index >= 15 is 0 Å². The fraction of sp³-hybridized carbons (Fsp3) is 0. The Morgan fingerprint density at radius 3 is 1.64 bits per heavy atom. The maximum Gasteiger partial charge on any atom is 0.143 e. The van der Waals surface area contributed by atoms with Crippen molar-refractivity contribution in [1.29, 1.82) is 0 Å². The molecule has 9 rings (SSSR count). The Bertz CT molecular complexity index is 2380. The summed E-state index contributed by atoms with van der Waals surface area (Å²) in [5, 5.41) is 12.6. The third-order valence-electron chi connectivity index (χ3n) is 8.44. The van der Waals surface area contributed by atoms with Gasteiger partial charge in [0, 0.05) is 16.3 Å². The molecule has 0 aliphatic heterocycles. The Hall–Kier alpha value is -5.14. The average Bonchev–Trinajstić information content (AvgIpc) is 3.38. The van der Waals surface area contributed by atoms with Crippen molar-refractivity contribution in [3.63, 3.8) is 0 Å². The summed E-state index contributed by atoms with van der Waals surface area (Å²) in [5.41, 5.74) is 6.77. The first-order valence-electron chi connectivity index (χ1n) is 13.4. The minimum Gasteiger partial charge on any atom is -0.455 e. The minimum absolute atomic E-state index is 0.928. The second-order valence-electron chi connectivity index (χ2n) is 10.5. The van der Waals surface area contributed by atoms with Gasteiger partial charge in [0.05, 0.1) is 0 Å². The van der Waals surface area contributed by atoms with Crippen molar-refractivity contribution >= 4 is 65.0 Å². The van der Waals surface area contributed by atoms with E-state index in [1.807, 2.05) is 6.07 Å². The second kappa shape index (κ2) is 7.69. The monoisotopic (exact) mass is 494 g/mol. The molecule has 8 aromatic carbocycles. The lowest BCUT2D eigenvalue weighted by Crippen LogP contribution is -1.90. The Kier molecular flexibility index (Phi) is 4.11. The van der Waals surface area contributed by atoms with Crippen LogP contribution in [-0.4, -0.2) is 0 Å². The van der Waals surface area contributed by atoms with Crippen molar-refractivity contribution in [1.82, 2.24) is 0 Å². The van der Waals surface area contributed by atoms with E-state index in [9.17, 15) is 0 Å². The van der Waals surface area contributed by atoms with Gasteiger partial charge in [-0.3, -0.25) is 0 Å². The standard InChI is InChI=1S/C38H22O/c1-2-9-26-23(7-1)8-5-11-27(26)28-19-15-24-18-22-32-29(20-16-25-17-21-31(28)36(24)37(25)32)33-12-6-13-34-30-10-3-4-14-35(30)39-38(33)34/h1-22H. The molecule has 39 heavy (non-hydrogen) atoms. The van der Waals surface area contributed by atoms with Crippen molar-refractivity contribution in [2.75, 3.05) is 0 Å². The summed E-state index contributed by atoms with van der Waals surface area (Å²) in [6.45, 7) is 0. The zero-order valence-corrected chi connectivity index (χ0v) is 21.1. The molecule has 0 unspecified atom stereocenters. The summed E-state index contributed by atoms with van der Waals surface area (Å²) < 4.78 is 6.45. The largest absolute Gasteiger partial charge is 0.455 e. The predicted molar refractivity (Wildman–Crippen MR) is 166 cm³/mol. The van der Waals surface area contributed by atoms with Crippen molar-refractivity contribution < 1.29 is 4.42 Å². The van der Waals surface area contributed by atoms with Crippen LogP contribution in [0.5, 0.6) is 0 Å². The van der Waals surface area contributed by atoms with Crippen LogP contribution in [-0.2, 0) is 0 Å². The molecule has 9 aromatic rings. The van der Waals surface area contributed by atoms with E-state index < -0.39 is 0 Å². The van der Waals surface area contributed by atoms with Gasteiger partial charge in [-0.25, -0.2) is 0 Å². The van der Waals surface area contributed by atoms with Crippen LogP contribution in [0.15, 0.2) is 138 Å². The van der Waals surface area contributed by atoms with E-state index in [2.05, 4.69) is 127 Å². The van der Waals surface area contributed by atoms with Crippen molar-refractivity contribution in [3.8, 4) is 22.3 Å². The summed E-state index contributed by atoms with van der Waals surface area (Å²) in [6.07, 6.45) is 0. The molecule has 0 radical (unpaired) electrons. The van der Waals surface area contributed by atoms with E-state index in [0.717, 1.165) is 27.5 Å². The fourth-order valence-corrected chi connectivity index (χ4v) is 6.69. The van der Waals surface area contributed by atoms with Crippen LogP contribution in [0.4, 0.5) is 0 Å². The molecule has 0 amide bonds. The SMILES string of the molecule is c1ccc2c(-c3ccc4ccc5c(-c6cccc7c6oc6ccccc67)ccc6ccc3c4c65)cccc2c1. The minimum atomic E-state index is 0.928. The van der Waals surface area contributed by atoms with Gasteiger partial charge in [0.15, 0.2) is 0 Å². The molecular formula is C38H22O. The van der Waals surface area contributed by atoms with E-state index in [1.165, 1.54) is 59.8 Å². The van der Waals surface area contributed by atoms with Crippen LogP contribution in [0.1, 0.15) is 0 Å². The maximum absolute atomic E-state index is 6.45. The van der Waals surface area contributed by atoms with Gasteiger partial charge in [-0.15, -0.1) is 0 Å². The molecule has 0 aliphatic carbocycles. The normalized spacial score (nSPS) is 12.1. The summed E-state index contributed by atoms with van der Waals surface area (Å²) in [4.78, 5) is 0. The smallest absolute Gasteiger partial charge is 0.143 e. The molecule has 0 saturated carbocycles. The number of rotatable bonds is 2. The molecule has 0 spiro atoms. The fourth-order valence-electron chi connectivity index (χ4n) is 6.69. The molecule has 1 heterocycles. The van der Waals surface area contributed by atoms with Crippen molar-refractivity contribution in [3.05, 3.63) is 133 Å². The van der Waals surface area contributed by atoms with Gasteiger partial charge in [0.1, 0.15) is 11.2 Å². The Labute approximate surface area is 224 Å². The Balaban J connectivity index is 1.38. The highest BCUT2D eigenvalue weighted by Crippen LogP contribution is 2.45. The molecule has 0 atom stereocenters. The first kappa shape index (κ1) is 20.9. The number of hydrogen-bond donors (Lipinski definition) is 0. The van der Waals surface area contributed by atoms with Crippen molar-refractivity contribution in [2.24, 2.45) is 0 Å². The van der Waals surface area contributed by atoms with Gasteiger partial charge in [0.25, 0.3) is 0 Å². The van der Waals surface area contributed by atoms with E-state index in [4.69, 9.17) is 4.42 Å². The topological polar surface area (TPSA) is 13.1 Å². The third kappa shape index (κ3) is 2.85. The van der Waals surface area contributed by atoms with Gasteiger partial charge in [-0.2, -0.15) is 0 Å². The van der Waals surface area contributed by atoms with Crippen LogP contribution in [0.2, 0.25) is 0 Å². The Morgan fingerprint density at radius 2 is 0.846 bits per heavy atom. The molecular weight excluding hydrogens is 472 g/mol. The summed E-state index contributed by atoms with van der Waals surface area (Å²) in [6, 6.07) is 48.4. The highest BCUT2D eigenvalue weighted by Gasteiger charge is 2.18. The van der Waals surface area contributed by atoms with Gasteiger partial charge in [0.2, 0.25) is 0 Å². The number of fused-ring (bicyclic) bond motifs is 4. The van der Waals surface area contributed by atoms with Gasteiger partial charge >= 0.3 is 0 Å². The predicted octanol–water partition coefficient (Wildman–Crippen LogP) is 11.0. The van der Waals surface area contributed by atoms with Gasteiger partial charge in [-0.1, -0.05) is 127 Å².